The predicted molar refractivity (Wildman–Crippen MR) is 90.0 cm³/mol. The third-order valence-corrected chi connectivity index (χ3v) is 4.61. The Balaban J connectivity index is 1.86. The molecule has 8 heteroatoms. The minimum Gasteiger partial charge on any atom is -0.481 e. The molecule has 1 fully saturated rings. The number of hydrogen-bond donors (Lipinski definition) is 1. The first-order chi connectivity index (χ1) is 11.4. The summed E-state index contributed by atoms with van der Waals surface area (Å²) in [7, 11) is 0. The van der Waals surface area contributed by atoms with Crippen molar-refractivity contribution >= 4 is 35.1 Å². The molecule has 1 atom stereocenters. The van der Waals surface area contributed by atoms with Crippen molar-refractivity contribution in [2.45, 2.75) is 13.3 Å². The molecule has 126 valence electrons. The van der Waals surface area contributed by atoms with Crippen molar-refractivity contribution in [3.63, 3.8) is 0 Å². The average Bonchev–Trinajstić information content (AvgIpc) is 3.14. The van der Waals surface area contributed by atoms with Crippen LogP contribution < -0.4 is 0 Å². The van der Waals surface area contributed by atoms with Gasteiger partial charge in [-0.2, -0.15) is 5.10 Å². The van der Waals surface area contributed by atoms with Gasteiger partial charge in [0, 0.05) is 23.8 Å². The summed E-state index contributed by atoms with van der Waals surface area (Å²) in [4.78, 5) is 25.1. The fraction of sp³-hybridized carbons (Fsp3) is 0.312. The summed E-state index contributed by atoms with van der Waals surface area (Å²) in [6.07, 6.45) is 0.462. The number of carbonyl (C=O) groups excluding carboxylic acids is 1. The van der Waals surface area contributed by atoms with Crippen LogP contribution in [-0.4, -0.2) is 44.8 Å². The third kappa shape index (κ3) is 3.12. The van der Waals surface area contributed by atoms with Crippen LogP contribution >= 0.6 is 23.2 Å². The Bertz CT molecular complexity index is 819. The van der Waals surface area contributed by atoms with Gasteiger partial charge in [-0.25, -0.2) is 4.68 Å². The van der Waals surface area contributed by atoms with Crippen molar-refractivity contribution < 1.29 is 14.7 Å². The zero-order chi connectivity index (χ0) is 17.4. The number of rotatable bonds is 3. The van der Waals surface area contributed by atoms with Crippen LogP contribution in [0.4, 0.5) is 0 Å². The maximum absolute atomic E-state index is 12.6. The highest BCUT2D eigenvalue weighted by Gasteiger charge is 2.32. The fourth-order valence-electron chi connectivity index (χ4n) is 2.78. The standard InChI is InChI=1S/C16H15Cl2N3O3/c1-9-6-13(15(22)20-5-4-10(8-20)16(23)24)19-21(9)14-3-2-11(17)7-12(14)18/h2-3,6-7,10H,4-5,8H2,1H3,(H,23,24). The molecular weight excluding hydrogens is 353 g/mol. The number of aromatic nitrogens is 2. The number of carboxylic acid groups (broad SMARTS) is 1. The van der Waals surface area contributed by atoms with E-state index in [1.807, 2.05) is 6.92 Å². The molecule has 0 aliphatic carbocycles. The summed E-state index contributed by atoms with van der Waals surface area (Å²) in [5, 5.41) is 14.3. The second-order valence-corrected chi connectivity index (χ2v) is 6.60. The van der Waals surface area contributed by atoms with Gasteiger partial charge in [0.1, 0.15) is 0 Å². The van der Waals surface area contributed by atoms with Crippen molar-refractivity contribution in [2.24, 2.45) is 5.92 Å². The Hall–Kier alpha value is -2.05. The molecule has 1 aromatic heterocycles. The van der Waals surface area contributed by atoms with E-state index in [1.54, 1.807) is 28.9 Å². The largest absolute Gasteiger partial charge is 0.481 e. The molecule has 0 bridgehead atoms. The molecule has 1 unspecified atom stereocenters. The number of aliphatic carboxylic acids is 1. The van der Waals surface area contributed by atoms with Gasteiger partial charge in [0.05, 0.1) is 16.6 Å². The molecule has 0 spiro atoms. The van der Waals surface area contributed by atoms with Crippen LogP contribution in [-0.2, 0) is 4.79 Å². The normalized spacial score (nSPS) is 17.3. The predicted octanol–water partition coefficient (Wildman–Crippen LogP) is 3.03. The van der Waals surface area contributed by atoms with E-state index in [2.05, 4.69) is 5.10 Å². The Kier molecular flexibility index (Phi) is 4.51. The molecule has 1 saturated heterocycles. The molecule has 24 heavy (non-hydrogen) atoms. The number of aryl methyl sites for hydroxylation is 1. The van der Waals surface area contributed by atoms with E-state index in [-0.39, 0.29) is 18.1 Å². The number of benzene rings is 1. The van der Waals surface area contributed by atoms with E-state index in [0.29, 0.717) is 28.7 Å². The maximum atomic E-state index is 12.6. The lowest BCUT2D eigenvalue weighted by Gasteiger charge is -2.13. The van der Waals surface area contributed by atoms with E-state index in [1.165, 1.54) is 4.90 Å². The summed E-state index contributed by atoms with van der Waals surface area (Å²) in [5.41, 5.74) is 1.64. The van der Waals surface area contributed by atoms with Crippen molar-refractivity contribution in [3.05, 3.63) is 45.7 Å². The lowest BCUT2D eigenvalue weighted by Crippen LogP contribution is -2.30. The summed E-state index contributed by atoms with van der Waals surface area (Å²) < 4.78 is 1.58. The summed E-state index contributed by atoms with van der Waals surface area (Å²) in [6.45, 7) is 2.45. The number of nitrogens with zero attached hydrogens (tertiary/aromatic N) is 3. The van der Waals surface area contributed by atoms with Gasteiger partial charge in [-0.3, -0.25) is 9.59 Å². The van der Waals surface area contributed by atoms with E-state index < -0.39 is 11.9 Å². The first-order valence-electron chi connectivity index (χ1n) is 7.41. The molecule has 1 amide bonds. The second kappa shape index (κ2) is 6.45. The molecule has 3 rings (SSSR count). The Morgan fingerprint density at radius 1 is 1.29 bits per heavy atom. The number of hydrogen-bond acceptors (Lipinski definition) is 3. The van der Waals surface area contributed by atoms with Gasteiger partial charge < -0.3 is 10.0 Å². The summed E-state index contributed by atoms with van der Waals surface area (Å²) in [6, 6.07) is 6.71. The van der Waals surface area contributed by atoms with Crippen LogP contribution in [0, 0.1) is 12.8 Å². The van der Waals surface area contributed by atoms with E-state index in [9.17, 15) is 9.59 Å². The van der Waals surface area contributed by atoms with Crippen LogP contribution in [0.25, 0.3) is 5.69 Å². The lowest BCUT2D eigenvalue weighted by molar-refractivity contribution is -0.141. The molecule has 1 aromatic carbocycles. The molecule has 2 heterocycles. The molecule has 1 N–H and O–H groups in total. The molecule has 1 aliphatic heterocycles. The highest BCUT2D eigenvalue weighted by atomic mass is 35.5. The Morgan fingerprint density at radius 2 is 2.04 bits per heavy atom. The highest BCUT2D eigenvalue weighted by Crippen LogP contribution is 2.26. The number of likely N-dealkylation sites (tertiary alicyclic amines) is 1. The highest BCUT2D eigenvalue weighted by molar-refractivity contribution is 6.35. The Labute approximate surface area is 148 Å². The van der Waals surface area contributed by atoms with Crippen LogP contribution in [0.2, 0.25) is 10.0 Å². The van der Waals surface area contributed by atoms with E-state index in [4.69, 9.17) is 28.3 Å². The lowest BCUT2D eigenvalue weighted by atomic mass is 10.1. The fourth-order valence-corrected chi connectivity index (χ4v) is 3.27. The molecule has 0 saturated carbocycles. The molecule has 1 aliphatic rings. The van der Waals surface area contributed by atoms with Crippen LogP contribution in [0.1, 0.15) is 22.6 Å². The van der Waals surface area contributed by atoms with Crippen molar-refractivity contribution in [2.75, 3.05) is 13.1 Å². The zero-order valence-corrected chi connectivity index (χ0v) is 14.4. The topological polar surface area (TPSA) is 75.4 Å². The number of carboxylic acids is 1. The first kappa shape index (κ1) is 16.8. The first-order valence-corrected chi connectivity index (χ1v) is 8.16. The number of carbonyl (C=O) groups is 2. The molecule has 0 radical (unpaired) electrons. The van der Waals surface area contributed by atoms with Crippen molar-refractivity contribution in [1.29, 1.82) is 0 Å². The monoisotopic (exact) mass is 367 g/mol. The summed E-state index contributed by atoms with van der Waals surface area (Å²) in [5.74, 6) is -1.66. The molecule has 6 nitrogen and oxygen atoms in total. The summed E-state index contributed by atoms with van der Waals surface area (Å²) >= 11 is 12.1. The van der Waals surface area contributed by atoms with Gasteiger partial charge in [-0.15, -0.1) is 0 Å². The van der Waals surface area contributed by atoms with Crippen LogP contribution in [0.3, 0.4) is 0 Å². The van der Waals surface area contributed by atoms with Gasteiger partial charge in [0.15, 0.2) is 5.69 Å². The van der Waals surface area contributed by atoms with Gasteiger partial charge >= 0.3 is 5.97 Å². The number of halogens is 2. The van der Waals surface area contributed by atoms with Gasteiger partial charge in [-0.05, 0) is 37.6 Å². The second-order valence-electron chi connectivity index (χ2n) is 5.75. The van der Waals surface area contributed by atoms with Gasteiger partial charge in [0.2, 0.25) is 0 Å². The minimum absolute atomic E-state index is 0.210. The average molecular weight is 368 g/mol. The van der Waals surface area contributed by atoms with Crippen molar-refractivity contribution in [3.8, 4) is 5.69 Å². The zero-order valence-electron chi connectivity index (χ0n) is 12.9. The third-order valence-electron chi connectivity index (χ3n) is 4.07. The van der Waals surface area contributed by atoms with E-state index in [0.717, 1.165) is 5.69 Å². The SMILES string of the molecule is Cc1cc(C(=O)N2CCC(C(=O)O)C2)nn1-c1ccc(Cl)cc1Cl. The molecular formula is C16H15Cl2N3O3. The minimum atomic E-state index is -0.875. The maximum Gasteiger partial charge on any atom is 0.308 e. The Morgan fingerprint density at radius 3 is 2.67 bits per heavy atom. The van der Waals surface area contributed by atoms with Crippen molar-refractivity contribution in [1.82, 2.24) is 14.7 Å². The quantitative estimate of drug-likeness (QED) is 0.904. The van der Waals surface area contributed by atoms with Gasteiger partial charge in [-0.1, -0.05) is 23.2 Å². The van der Waals surface area contributed by atoms with E-state index >= 15 is 0 Å². The van der Waals surface area contributed by atoms with Crippen LogP contribution in [0.15, 0.2) is 24.3 Å². The van der Waals surface area contributed by atoms with Gasteiger partial charge in [0.25, 0.3) is 5.91 Å². The smallest absolute Gasteiger partial charge is 0.308 e. The number of amides is 1. The van der Waals surface area contributed by atoms with Crippen LogP contribution in [0.5, 0.6) is 0 Å². The molecule has 2 aromatic rings.